The second kappa shape index (κ2) is 3.78. The van der Waals surface area contributed by atoms with Gasteiger partial charge in [-0.2, -0.15) is 0 Å². The average molecular weight is 225 g/mol. The average Bonchev–Trinajstić information content (AvgIpc) is 2.60. The molecule has 0 saturated carbocycles. The smallest absolute Gasteiger partial charge is 0.251 e. The van der Waals surface area contributed by atoms with E-state index in [1.54, 1.807) is 10.8 Å². The van der Waals surface area contributed by atoms with Crippen molar-refractivity contribution < 1.29 is 8.78 Å². The van der Waals surface area contributed by atoms with Crippen molar-refractivity contribution in [2.24, 2.45) is 7.05 Å². The van der Waals surface area contributed by atoms with Crippen LogP contribution in [0, 0.1) is 12.3 Å². The quantitative estimate of drug-likeness (QED) is 0.677. The van der Waals surface area contributed by atoms with Gasteiger partial charge in [0.05, 0.1) is 0 Å². The summed E-state index contributed by atoms with van der Waals surface area (Å²) >= 11 is 0. The van der Waals surface area contributed by atoms with Crippen LogP contribution >= 0.6 is 0 Å². The minimum Gasteiger partial charge on any atom is -0.342 e. The van der Waals surface area contributed by atoms with E-state index in [1.165, 1.54) is 0 Å². The maximum Gasteiger partial charge on any atom is 0.251 e. The SMILES string of the molecule is C#Cc1cn(C)c(N2CCC(F)(F)CC2)n1. The minimum absolute atomic E-state index is 0.120. The summed E-state index contributed by atoms with van der Waals surface area (Å²) in [6, 6.07) is 0. The largest absolute Gasteiger partial charge is 0.342 e. The lowest BCUT2D eigenvalue weighted by atomic mass is 10.1. The zero-order valence-electron chi connectivity index (χ0n) is 9.08. The molecule has 1 aliphatic heterocycles. The highest BCUT2D eigenvalue weighted by Gasteiger charge is 2.35. The van der Waals surface area contributed by atoms with E-state index >= 15 is 0 Å². The minimum atomic E-state index is -2.53. The molecule has 1 saturated heterocycles. The zero-order chi connectivity index (χ0) is 11.8. The van der Waals surface area contributed by atoms with E-state index < -0.39 is 5.92 Å². The molecule has 0 aliphatic carbocycles. The van der Waals surface area contributed by atoms with Crippen LogP contribution in [0.2, 0.25) is 0 Å². The van der Waals surface area contributed by atoms with Crippen LogP contribution in [-0.4, -0.2) is 28.6 Å². The Labute approximate surface area is 93.1 Å². The standard InChI is InChI=1S/C11H13F2N3/c1-3-9-8-15(2)10(14-9)16-6-4-11(12,13)5-7-16/h1,8H,4-7H2,2H3. The molecule has 86 valence electrons. The molecule has 0 amide bonds. The van der Waals surface area contributed by atoms with Gasteiger partial charge in [-0.05, 0) is 5.92 Å². The Bertz CT molecular complexity index is 421. The van der Waals surface area contributed by atoms with Gasteiger partial charge in [0.1, 0.15) is 5.69 Å². The predicted molar refractivity (Wildman–Crippen MR) is 57.5 cm³/mol. The first-order valence-electron chi connectivity index (χ1n) is 5.14. The Morgan fingerprint density at radius 1 is 1.44 bits per heavy atom. The van der Waals surface area contributed by atoms with Crippen LogP contribution < -0.4 is 4.90 Å². The fraction of sp³-hybridized carbons (Fsp3) is 0.545. The molecule has 1 aromatic heterocycles. The fourth-order valence-electron chi connectivity index (χ4n) is 1.85. The van der Waals surface area contributed by atoms with Gasteiger partial charge in [-0.3, -0.25) is 0 Å². The summed E-state index contributed by atoms with van der Waals surface area (Å²) in [4.78, 5) is 6.05. The van der Waals surface area contributed by atoms with Gasteiger partial charge in [-0.1, -0.05) is 0 Å². The molecule has 0 unspecified atom stereocenters. The molecule has 2 rings (SSSR count). The normalized spacial score (nSPS) is 19.5. The molecule has 1 fully saturated rings. The van der Waals surface area contributed by atoms with Crippen LogP contribution in [-0.2, 0) is 7.05 Å². The van der Waals surface area contributed by atoms with Gasteiger partial charge in [0.2, 0.25) is 5.95 Å². The van der Waals surface area contributed by atoms with Crippen molar-refractivity contribution in [2.45, 2.75) is 18.8 Å². The molecular weight excluding hydrogens is 212 g/mol. The number of aryl methyl sites for hydroxylation is 1. The van der Waals surface area contributed by atoms with Gasteiger partial charge in [0.25, 0.3) is 5.92 Å². The van der Waals surface area contributed by atoms with E-state index in [0.29, 0.717) is 24.7 Å². The molecule has 0 bridgehead atoms. The topological polar surface area (TPSA) is 21.1 Å². The fourth-order valence-corrected chi connectivity index (χ4v) is 1.85. The number of piperidine rings is 1. The summed E-state index contributed by atoms with van der Waals surface area (Å²) in [7, 11) is 1.82. The number of aromatic nitrogens is 2. The van der Waals surface area contributed by atoms with Crippen LogP contribution in [0.15, 0.2) is 6.20 Å². The molecule has 3 nitrogen and oxygen atoms in total. The second-order valence-electron chi connectivity index (χ2n) is 4.02. The second-order valence-corrected chi connectivity index (χ2v) is 4.02. The molecule has 0 radical (unpaired) electrons. The highest BCUT2D eigenvalue weighted by atomic mass is 19.3. The number of nitrogens with zero attached hydrogens (tertiary/aromatic N) is 3. The predicted octanol–water partition coefficient (Wildman–Crippen LogP) is 1.64. The van der Waals surface area contributed by atoms with E-state index in [-0.39, 0.29) is 12.8 Å². The Kier molecular flexibility index (Phi) is 2.58. The van der Waals surface area contributed by atoms with Gasteiger partial charge >= 0.3 is 0 Å². The van der Waals surface area contributed by atoms with E-state index in [9.17, 15) is 8.78 Å². The Morgan fingerprint density at radius 3 is 2.56 bits per heavy atom. The van der Waals surface area contributed by atoms with E-state index in [4.69, 9.17) is 6.42 Å². The maximum absolute atomic E-state index is 13.0. The lowest BCUT2D eigenvalue weighted by Crippen LogP contribution is -2.40. The number of anilines is 1. The lowest BCUT2D eigenvalue weighted by molar-refractivity contribution is -0.0223. The van der Waals surface area contributed by atoms with Crippen molar-refractivity contribution in [3.8, 4) is 12.3 Å². The highest BCUT2D eigenvalue weighted by Crippen LogP contribution is 2.29. The number of imidazole rings is 1. The number of terminal acetylenes is 1. The van der Waals surface area contributed by atoms with Crippen molar-refractivity contribution in [3.63, 3.8) is 0 Å². The van der Waals surface area contributed by atoms with Crippen molar-refractivity contribution in [2.75, 3.05) is 18.0 Å². The van der Waals surface area contributed by atoms with Gasteiger partial charge in [0.15, 0.2) is 0 Å². The molecule has 1 aromatic rings. The zero-order valence-corrected chi connectivity index (χ0v) is 9.08. The van der Waals surface area contributed by atoms with Gasteiger partial charge in [-0.15, -0.1) is 6.42 Å². The number of alkyl halides is 2. The summed E-state index contributed by atoms with van der Waals surface area (Å²) in [5, 5.41) is 0. The molecule has 16 heavy (non-hydrogen) atoms. The highest BCUT2D eigenvalue weighted by molar-refractivity contribution is 5.38. The molecule has 0 aromatic carbocycles. The summed E-state index contributed by atoms with van der Waals surface area (Å²) < 4.78 is 27.7. The van der Waals surface area contributed by atoms with Crippen LogP contribution in [0.25, 0.3) is 0 Å². The van der Waals surface area contributed by atoms with Crippen molar-refractivity contribution in [3.05, 3.63) is 11.9 Å². The summed E-state index contributed by atoms with van der Waals surface area (Å²) in [5.74, 6) is 0.575. The maximum atomic E-state index is 13.0. The van der Waals surface area contributed by atoms with Crippen LogP contribution in [0.5, 0.6) is 0 Å². The molecular formula is C11H13F2N3. The molecule has 0 spiro atoms. The van der Waals surface area contributed by atoms with Crippen LogP contribution in [0.4, 0.5) is 14.7 Å². The number of hydrogen-bond donors (Lipinski definition) is 0. The van der Waals surface area contributed by atoms with Crippen LogP contribution in [0.3, 0.4) is 0 Å². The lowest BCUT2D eigenvalue weighted by Gasteiger charge is -2.32. The number of hydrogen-bond acceptors (Lipinski definition) is 2. The molecule has 5 heteroatoms. The van der Waals surface area contributed by atoms with Gasteiger partial charge < -0.3 is 9.47 Å². The summed E-state index contributed by atoms with van der Waals surface area (Å²) in [5.41, 5.74) is 0.537. The molecule has 0 N–H and O–H groups in total. The number of halogens is 2. The van der Waals surface area contributed by atoms with Crippen molar-refractivity contribution >= 4 is 5.95 Å². The van der Waals surface area contributed by atoms with Gasteiger partial charge in [0, 0.05) is 39.2 Å². The van der Waals surface area contributed by atoms with E-state index in [1.807, 2.05) is 11.9 Å². The first kappa shape index (κ1) is 10.9. The van der Waals surface area contributed by atoms with Crippen molar-refractivity contribution in [1.82, 2.24) is 9.55 Å². The molecule has 0 atom stereocenters. The molecule has 1 aliphatic rings. The number of rotatable bonds is 1. The third-order valence-corrected chi connectivity index (χ3v) is 2.78. The monoisotopic (exact) mass is 225 g/mol. The van der Waals surface area contributed by atoms with E-state index in [2.05, 4.69) is 10.9 Å². The van der Waals surface area contributed by atoms with Crippen LogP contribution in [0.1, 0.15) is 18.5 Å². The third-order valence-electron chi connectivity index (χ3n) is 2.78. The Balaban J connectivity index is 2.14. The van der Waals surface area contributed by atoms with Gasteiger partial charge in [-0.25, -0.2) is 13.8 Å². The Morgan fingerprint density at radius 2 is 2.06 bits per heavy atom. The summed E-state index contributed by atoms with van der Waals surface area (Å²) in [6.45, 7) is 0.643. The first-order valence-corrected chi connectivity index (χ1v) is 5.14. The summed E-state index contributed by atoms with van der Waals surface area (Å²) in [6.07, 6.45) is 6.73. The first-order chi connectivity index (χ1) is 7.52. The Hall–Kier alpha value is -1.57. The molecule has 2 heterocycles. The van der Waals surface area contributed by atoms with E-state index in [0.717, 1.165) is 0 Å². The van der Waals surface area contributed by atoms with Crippen molar-refractivity contribution in [1.29, 1.82) is 0 Å². The third kappa shape index (κ3) is 2.01.